The summed E-state index contributed by atoms with van der Waals surface area (Å²) in [6.45, 7) is 1.69. The van der Waals surface area contributed by atoms with Gasteiger partial charge in [0.15, 0.2) is 5.65 Å². The third kappa shape index (κ3) is 4.67. The molecule has 36 heavy (non-hydrogen) atoms. The number of fused-ring (bicyclic) bond motifs is 1. The summed E-state index contributed by atoms with van der Waals surface area (Å²) in [4.78, 5) is 28.6. The fourth-order valence-electron chi connectivity index (χ4n) is 3.52. The quantitative estimate of drug-likeness (QED) is 0.383. The van der Waals surface area contributed by atoms with Crippen molar-refractivity contribution in [2.24, 2.45) is 14.1 Å². The number of aromatic amines is 1. The normalized spacial score (nSPS) is 11.4. The molecule has 5 aromatic rings. The number of nitrogens with zero attached hydrogens (tertiary/aromatic N) is 6. The van der Waals surface area contributed by atoms with Crippen molar-refractivity contribution in [3.8, 4) is 22.4 Å². The monoisotopic (exact) mass is 517 g/mol. The van der Waals surface area contributed by atoms with E-state index < -0.39 is 17.6 Å². The lowest BCUT2D eigenvalue weighted by Gasteiger charge is -2.12. The van der Waals surface area contributed by atoms with Crippen LogP contribution in [0.15, 0.2) is 64.4 Å². The Labute approximate surface area is 206 Å². The number of aromatic nitrogens is 7. The van der Waals surface area contributed by atoms with Gasteiger partial charge in [0.25, 0.3) is 5.56 Å². The van der Waals surface area contributed by atoms with Gasteiger partial charge in [0.1, 0.15) is 5.69 Å². The van der Waals surface area contributed by atoms with Gasteiger partial charge in [-0.2, -0.15) is 22.8 Å². The van der Waals surface area contributed by atoms with Crippen molar-refractivity contribution in [3.05, 3.63) is 92.0 Å². The number of halogens is 4. The first-order valence-electron chi connectivity index (χ1n) is 10.4. The predicted molar refractivity (Wildman–Crippen MR) is 128 cm³/mol. The van der Waals surface area contributed by atoms with Crippen LogP contribution in [-0.2, 0) is 20.3 Å². The molecule has 0 aliphatic carbocycles. The minimum Gasteiger partial charge on any atom is -0.278 e. The van der Waals surface area contributed by atoms with Crippen molar-refractivity contribution in [1.82, 2.24) is 34.2 Å². The molecule has 9 nitrogen and oxygen atoms in total. The first kappa shape index (κ1) is 24.9. The number of nitrogens with one attached hydrogen (secondary N) is 1. The summed E-state index contributed by atoms with van der Waals surface area (Å²) < 4.78 is 39.3. The SMILES string of the molecule is Cc1ccc(C(F)(F)F)nc1.Cn1nc2c(-c3ccn[nH]3)c(-c3ccc(Cl)cc3)c(=O)n(C)n2c1=O. The molecule has 0 bridgehead atoms. The second kappa shape index (κ2) is 9.46. The molecule has 0 unspecified atom stereocenters. The maximum Gasteiger partial charge on any atom is 0.433 e. The van der Waals surface area contributed by atoms with Gasteiger partial charge in [-0.25, -0.2) is 14.2 Å². The van der Waals surface area contributed by atoms with Crippen LogP contribution < -0.4 is 11.2 Å². The molecule has 0 amide bonds. The highest BCUT2D eigenvalue weighted by atomic mass is 35.5. The summed E-state index contributed by atoms with van der Waals surface area (Å²) in [5.41, 5.74) is 1.72. The third-order valence-corrected chi connectivity index (χ3v) is 5.54. The minimum absolute atomic E-state index is 0.325. The fourth-order valence-corrected chi connectivity index (χ4v) is 3.65. The third-order valence-electron chi connectivity index (χ3n) is 5.29. The van der Waals surface area contributed by atoms with Crippen LogP contribution in [0.3, 0.4) is 0 Å². The highest BCUT2D eigenvalue weighted by Gasteiger charge is 2.31. The summed E-state index contributed by atoms with van der Waals surface area (Å²) in [5.74, 6) is 0. The van der Waals surface area contributed by atoms with Crippen LogP contribution in [0.2, 0.25) is 5.02 Å². The molecule has 0 saturated heterocycles. The average Bonchev–Trinajstić information content (AvgIpc) is 3.46. The van der Waals surface area contributed by atoms with Crippen LogP contribution in [-0.4, -0.2) is 34.2 Å². The Morgan fingerprint density at radius 2 is 1.67 bits per heavy atom. The highest BCUT2D eigenvalue weighted by Crippen LogP contribution is 2.31. The standard InChI is InChI=1S/C16H13ClN6O2.C7H6F3N/c1-21-16(25)23-14(20-21)13(11-7-8-18-19-11)12(15(24)22(23)2)9-3-5-10(17)6-4-9;1-5-2-3-6(11-4-5)7(8,9)10/h3-8H,1-2H3,(H,18,19);2-4H,1H3. The van der Waals surface area contributed by atoms with E-state index in [2.05, 4.69) is 20.3 Å². The van der Waals surface area contributed by atoms with E-state index in [1.165, 1.54) is 33.2 Å². The van der Waals surface area contributed by atoms with Crippen LogP contribution in [0, 0.1) is 6.92 Å². The van der Waals surface area contributed by atoms with E-state index in [0.717, 1.165) is 11.6 Å². The smallest absolute Gasteiger partial charge is 0.278 e. The summed E-state index contributed by atoms with van der Waals surface area (Å²) in [5, 5.41) is 11.7. The first-order chi connectivity index (χ1) is 17.0. The molecule has 4 heterocycles. The molecule has 4 aromatic heterocycles. The van der Waals surface area contributed by atoms with Gasteiger partial charge in [-0.1, -0.05) is 29.8 Å². The molecule has 1 aromatic carbocycles. The Morgan fingerprint density at radius 3 is 2.22 bits per heavy atom. The molecule has 0 spiro atoms. The van der Waals surface area contributed by atoms with E-state index in [4.69, 9.17) is 11.6 Å². The Morgan fingerprint density at radius 1 is 0.972 bits per heavy atom. The van der Waals surface area contributed by atoms with Gasteiger partial charge in [-0.3, -0.25) is 14.9 Å². The Kier molecular flexibility index (Phi) is 6.55. The fraction of sp³-hybridized carbons (Fsp3) is 0.174. The Hall–Kier alpha value is -4.19. The van der Waals surface area contributed by atoms with Crippen molar-refractivity contribution >= 4 is 17.2 Å². The molecule has 0 aliphatic heterocycles. The van der Waals surface area contributed by atoms with Gasteiger partial charge >= 0.3 is 11.9 Å². The number of benzene rings is 1. The molecule has 5 rings (SSSR count). The van der Waals surface area contributed by atoms with Crippen LogP contribution in [0.5, 0.6) is 0 Å². The van der Waals surface area contributed by atoms with Crippen molar-refractivity contribution < 1.29 is 13.2 Å². The molecule has 13 heteroatoms. The van der Waals surface area contributed by atoms with Crippen molar-refractivity contribution in [2.45, 2.75) is 13.1 Å². The van der Waals surface area contributed by atoms with E-state index in [1.807, 2.05) is 0 Å². The molecule has 0 radical (unpaired) electrons. The lowest BCUT2D eigenvalue weighted by molar-refractivity contribution is -0.141. The number of hydrogen-bond donors (Lipinski definition) is 1. The highest BCUT2D eigenvalue weighted by molar-refractivity contribution is 6.30. The molecule has 1 N–H and O–H groups in total. The van der Waals surface area contributed by atoms with Crippen LogP contribution in [0.1, 0.15) is 11.3 Å². The van der Waals surface area contributed by atoms with Crippen molar-refractivity contribution in [1.29, 1.82) is 0 Å². The van der Waals surface area contributed by atoms with E-state index >= 15 is 0 Å². The van der Waals surface area contributed by atoms with Gasteiger partial charge in [0.05, 0.1) is 16.8 Å². The number of pyridine rings is 1. The molecule has 0 saturated carbocycles. The molecular formula is C23H19ClF3N7O2. The number of aryl methyl sites for hydroxylation is 3. The zero-order valence-corrected chi connectivity index (χ0v) is 20.0. The molecule has 186 valence electrons. The zero-order chi connectivity index (χ0) is 26.2. The average molecular weight is 518 g/mol. The van der Waals surface area contributed by atoms with Crippen LogP contribution >= 0.6 is 11.6 Å². The molecular weight excluding hydrogens is 499 g/mol. The van der Waals surface area contributed by atoms with Crippen LogP contribution in [0.4, 0.5) is 13.2 Å². The maximum atomic E-state index is 13.0. The lowest BCUT2D eigenvalue weighted by Crippen LogP contribution is -2.32. The maximum absolute atomic E-state index is 13.0. The van der Waals surface area contributed by atoms with E-state index in [1.54, 1.807) is 50.5 Å². The van der Waals surface area contributed by atoms with Gasteiger partial charge in [-0.15, -0.1) is 5.10 Å². The summed E-state index contributed by atoms with van der Waals surface area (Å²) >= 11 is 5.97. The van der Waals surface area contributed by atoms with Gasteiger partial charge < -0.3 is 0 Å². The van der Waals surface area contributed by atoms with Gasteiger partial charge in [-0.05, 0) is 42.3 Å². The largest absolute Gasteiger partial charge is 0.433 e. The van der Waals surface area contributed by atoms with E-state index in [0.29, 0.717) is 33.1 Å². The molecule has 0 aliphatic rings. The zero-order valence-electron chi connectivity index (χ0n) is 19.2. The van der Waals surface area contributed by atoms with Crippen molar-refractivity contribution in [3.63, 3.8) is 0 Å². The van der Waals surface area contributed by atoms with Crippen LogP contribution in [0.25, 0.3) is 28.0 Å². The number of rotatable bonds is 2. The minimum atomic E-state index is -4.33. The second-order valence-corrected chi connectivity index (χ2v) is 8.25. The second-order valence-electron chi connectivity index (χ2n) is 7.82. The molecule has 0 fully saturated rings. The number of alkyl halides is 3. The van der Waals surface area contributed by atoms with Gasteiger partial charge in [0, 0.05) is 31.5 Å². The Bertz CT molecular complexity index is 1630. The topological polar surface area (TPSA) is 103 Å². The molecule has 0 atom stereocenters. The Balaban J connectivity index is 0.000000233. The predicted octanol–water partition coefficient (Wildman–Crippen LogP) is 3.85. The van der Waals surface area contributed by atoms with E-state index in [-0.39, 0.29) is 5.56 Å². The summed E-state index contributed by atoms with van der Waals surface area (Å²) in [6.07, 6.45) is -1.55. The van der Waals surface area contributed by atoms with Gasteiger partial charge in [0.2, 0.25) is 0 Å². The summed E-state index contributed by atoms with van der Waals surface area (Å²) in [6, 6.07) is 11.0. The van der Waals surface area contributed by atoms with Crippen molar-refractivity contribution in [2.75, 3.05) is 0 Å². The van der Waals surface area contributed by atoms with E-state index in [9.17, 15) is 22.8 Å². The lowest BCUT2D eigenvalue weighted by atomic mass is 10.00. The first-order valence-corrected chi connectivity index (χ1v) is 10.8. The number of H-pyrrole nitrogens is 1. The summed E-state index contributed by atoms with van der Waals surface area (Å²) in [7, 11) is 3.08. The number of hydrogen-bond acceptors (Lipinski definition) is 5.